The highest BCUT2D eigenvalue weighted by Crippen LogP contribution is 2.25. The Morgan fingerprint density at radius 3 is 2.52 bits per heavy atom. The number of hydrogen-bond donors (Lipinski definition) is 0. The summed E-state index contributed by atoms with van der Waals surface area (Å²) in [4.78, 5) is 37.7. The summed E-state index contributed by atoms with van der Waals surface area (Å²) >= 11 is 0. The van der Waals surface area contributed by atoms with Crippen molar-refractivity contribution in [1.29, 1.82) is 0 Å². The largest absolute Gasteiger partial charge is 0.452 e. The van der Waals surface area contributed by atoms with E-state index in [0.29, 0.717) is 18.8 Å². The first-order valence-corrected chi connectivity index (χ1v) is 7.31. The summed E-state index contributed by atoms with van der Waals surface area (Å²) in [5.74, 6) is -0.988. The molecule has 0 aliphatic carbocycles. The molecule has 0 radical (unpaired) electrons. The highest BCUT2D eigenvalue weighted by molar-refractivity contribution is 5.97. The van der Waals surface area contributed by atoms with Crippen LogP contribution in [-0.2, 0) is 9.53 Å². The van der Waals surface area contributed by atoms with Gasteiger partial charge in [0, 0.05) is 39.3 Å². The number of hydrogen-bond acceptors (Lipinski definition) is 6. The number of ether oxygens (including phenoxy) is 1. The van der Waals surface area contributed by atoms with Gasteiger partial charge in [-0.15, -0.1) is 0 Å². The predicted octanol–water partition coefficient (Wildman–Crippen LogP) is 1.44. The fraction of sp³-hybridized carbons (Fsp3) is 0.467. The van der Waals surface area contributed by atoms with Gasteiger partial charge in [0.1, 0.15) is 0 Å². The van der Waals surface area contributed by atoms with Crippen molar-refractivity contribution in [3.05, 3.63) is 33.9 Å². The number of nitrogens with zero attached hydrogens (tertiary/aromatic N) is 3. The number of non-ortho nitro benzene ring substituents is 1. The van der Waals surface area contributed by atoms with E-state index in [-0.39, 0.29) is 23.8 Å². The number of amides is 1. The smallest absolute Gasteiger partial charge is 0.341 e. The molecule has 1 aliphatic rings. The second kappa shape index (κ2) is 7.08. The molecule has 0 atom stereocenters. The van der Waals surface area contributed by atoms with Crippen molar-refractivity contribution in [3.8, 4) is 0 Å². The van der Waals surface area contributed by atoms with E-state index in [0.717, 1.165) is 18.9 Å². The molecule has 8 heteroatoms. The minimum atomic E-state index is -0.745. The van der Waals surface area contributed by atoms with Gasteiger partial charge >= 0.3 is 5.97 Å². The molecule has 0 aromatic heterocycles. The standard InChI is InChI=1S/C15H19N3O5/c1-16(2)13-6-5-11(18(21)22)9-12(13)15(20)23-10-14(19)17-7-3-4-8-17/h5-6,9H,3-4,7-8,10H2,1-2H3. The van der Waals surface area contributed by atoms with Gasteiger partial charge in [-0.05, 0) is 18.9 Å². The van der Waals surface area contributed by atoms with Crippen molar-refractivity contribution in [2.24, 2.45) is 0 Å². The number of nitro benzene ring substituents is 1. The molecule has 23 heavy (non-hydrogen) atoms. The van der Waals surface area contributed by atoms with Crippen LogP contribution in [-0.4, -0.2) is 55.5 Å². The van der Waals surface area contributed by atoms with Crippen molar-refractivity contribution in [1.82, 2.24) is 4.90 Å². The van der Waals surface area contributed by atoms with Crippen LogP contribution in [0.15, 0.2) is 18.2 Å². The summed E-state index contributed by atoms with van der Waals surface area (Å²) in [6.45, 7) is 1.00. The van der Waals surface area contributed by atoms with Crippen LogP contribution < -0.4 is 4.90 Å². The number of carbonyl (C=O) groups excluding carboxylic acids is 2. The number of likely N-dealkylation sites (tertiary alicyclic amines) is 1. The van der Waals surface area contributed by atoms with E-state index < -0.39 is 10.9 Å². The van der Waals surface area contributed by atoms with Gasteiger partial charge in [0.05, 0.1) is 16.2 Å². The fourth-order valence-corrected chi connectivity index (χ4v) is 2.45. The average Bonchev–Trinajstić information content (AvgIpc) is 3.05. The monoisotopic (exact) mass is 321 g/mol. The summed E-state index contributed by atoms with van der Waals surface area (Å²) in [5.41, 5.74) is 0.362. The van der Waals surface area contributed by atoms with E-state index in [1.807, 2.05) is 0 Å². The van der Waals surface area contributed by atoms with Crippen LogP contribution in [0.25, 0.3) is 0 Å². The molecule has 0 unspecified atom stereocenters. The Morgan fingerprint density at radius 1 is 1.30 bits per heavy atom. The van der Waals surface area contributed by atoms with Gasteiger partial charge in [0.25, 0.3) is 11.6 Å². The highest BCUT2D eigenvalue weighted by atomic mass is 16.6. The maximum absolute atomic E-state index is 12.2. The zero-order valence-electron chi connectivity index (χ0n) is 13.2. The van der Waals surface area contributed by atoms with Crippen LogP contribution in [0, 0.1) is 10.1 Å². The maximum atomic E-state index is 12.2. The Kier molecular flexibility index (Phi) is 5.15. The van der Waals surface area contributed by atoms with Gasteiger partial charge in [0.2, 0.25) is 0 Å². The lowest BCUT2D eigenvalue weighted by Crippen LogP contribution is -2.32. The molecule has 8 nitrogen and oxygen atoms in total. The molecular formula is C15H19N3O5. The molecule has 0 saturated carbocycles. The molecule has 2 rings (SSSR count). The number of esters is 1. The van der Waals surface area contributed by atoms with Crippen molar-refractivity contribution in [3.63, 3.8) is 0 Å². The van der Waals surface area contributed by atoms with E-state index >= 15 is 0 Å². The van der Waals surface area contributed by atoms with Crippen LogP contribution in [0.3, 0.4) is 0 Å². The third kappa shape index (κ3) is 3.97. The van der Waals surface area contributed by atoms with Crippen LogP contribution in [0.1, 0.15) is 23.2 Å². The summed E-state index contributed by atoms with van der Waals surface area (Å²) < 4.78 is 5.05. The molecule has 1 aromatic rings. The molecular weight excluding hydrogens is 302 g/mol. The van der Waals surface area contributed by atoms with E-state index in [4.69, 9.17) is 4.74 Å². The number of anilines is 1. The second-order valence-corrected chi connectivity index (χ2v) is 5.52. The normalized spacial score (nSPS) is 13.7. The SMILES string of the molecule is CN(C)c1ccc([N+](=O)[O-])cc1C(=O)OCC(=O)N1CCCC1. The van der Waals surface area contributed by atoms with Gasteiger partial charge < -0.3 is 14.5 Å². The Hall–Kier alpha value is -2.64. The Morgan fingerprint density at radius 2 is 1.96 bits per heavy atom. The first-order chi connectivity index (χ1) is 10.9. The summed E-state index contributed by atoms with van der Waals surface area (Å²) in [6.07, 6.45) is 1.91. The molecule has 1 saturated heterocycles. The fourth-order valence-electron chi connectivity index (χ4n) is 2.45. The van der Waals surface area contributed by atoms with Crippen LogP contribution in [0.5, 0.6) is 0 Å². The molecule has 1 fully saturated rings. The van der Waals surface area contributed by atoms with Crippen molar-refractivity contribution in [2.45, 2.75) is 12.8 Å². The summed E-state index contributed by atoms with van der Waals surface area (Å²) in [5, 5.41) is 10.9. The third-order valence-electron chi connectivity index (χ3n) is 3.68. The van der Waals surface area contributed by atoms with Crippen LogP contribution in [0.4, 0.5) is 11.4 Å². The highest BCUT2D eigenvalue weighted by Gasteiger charge is 2.22. The topological polar surface area (TPSA) is 93.0 Å². The van der Waals surface area contributed by atoms with Crippen molar-refractivity contribution < 1.29 is 19.2 Å². The third-order valence-corrected chi connectivity index (χ3v) is 3.68. The Labute approximate surface area is 133 Å². The zero-order valence-corrected chi connectivity index (χ0v) is 13.2. The predicted molar refractivity (Wildman–Crippen MR) is 83.5 cm³/mol. The van der Waals surface area contributed by atoms with E-state index in [1.54, 1.807) is 23.9 Å². The average molecular weight is 321 g/mol. The molecule has 1 aliphatic heterocycles. The van der Waals surface area contributed by atoms with Gasteiger partial charge in [-0.1, -0.05) is 0 Å². The van der Waals surface area contributed by atoms with Gasteiger partial charge in [-0.25, -0.2) is 4.79 Å². The van der Waals surface area contributed by atoms with Gasteiger partial charge in [0.15, 0.2) is 6.61 Å². The zero-order chi connectivity index (χ0) is 17.0. The first kappa shape index (κ1) is 16.7. The number of rotatable bonds is 5. The van der Waals surface area contributed by atoms with Crippen LogP contribution in [0.2, 0.25) is 0 Å². The molecule has 0 spiro atoms. The van der Waals surface area contributed by atoms with Crippen molar-refractivity contribution >= 4 is 23.3 Å². The molecule has 0 bridgehead atoms. The minimum Gasteiger partial charge on any atom is -0.452 e. The Balaban J connectivity index is 2.11. The summed E-state index contributed by atoms with van der Waals surface area (Å²) in [6, 6.07) is 3.97. The molecule has 1 amide bonds. The van der Waals surface area contributed by atoms with E-state index in [9.17, 15) is 19.7 Å². The number of carbonyl (C=O) groups is 2. The van der Waals surface area contributed by atoms with Crippen LogP contribution >= 0.6 is 0 Å². The first-order valence-electron chi connectivity index (χ1n) is 7.31. The molecule has 124 valence electrons. The van der Waals surface area contributed by atoms with E-state index in [2.05, 4.69) is 0 Å². The quantitative estimate of drug-likeness (QED) is 0.463. The van der Waals surface area contributed by atoms with Gasteiger partial charge in [-0.3, -0.25) is 14.9 Å². The lowest BCUT2D eigenvalue weighted by molar-refractivity contribution is -0.384. The van der Waals surface area contributed by atoms with Gasteiger partial charge in [-0.2, -0.15) is 0 Å². The number of benzene rings is 1. The summed E-state index contributed by atoms with van der Waals surface area (Å²) in [7, 11) is 3.43. The molecule has 1 aromatic carbocycles. The lowest BCUT2D eigenvalue weighted by atomic mass is 10.1. The second-order valence-electron chi connectivity index (χ2n) is 5.52. The van der Waals surface area contributed by atoms with E-state index in [1.165, 1.54) is 12.1 Å². The van der Waals surface area contributed by atoms with Crippen molar-refractivity contribution in [2.75, 3.05) is 38.7 Å². The maximum Gasteiger partial charge on any atom is 0.341 e. The number of nitro groups is 1. The lowest BCUT2D eigenvalue weighted by Gasteiger charge is -2.18. The molecule has 1 heterocycles. The Bertz CT molecular complexity index is 624. The molecule has 0 N–H and O–H groups in total. The minimum absolute atomic E-state index is 0.0680.